The molecule has 2 aromatic heterocycles. The van der Waals surface area contributed by atoms with Crippen molar-refractivity contribution in [1.82, 2.24) is 14.6 Å². The van der Waals surface area contributed by atoms with Crippen molar-refractivity contribution in [2.45, 2.75) is 0 Å². The van der Waals surface area contributed by atoms with Gasteiger partial charge in [0.2, 0.25) is 11.8 Å². The van der Waals surface area contributed by atoms with Crippen molar-refractivity contribution >= 4 is 5.65 Å². The summed E-state index contributed by atoms with van der Waals surface area (Å²) in [6, 6.07) is 0. The molecule has 0 amide bonds. The topological polar surface area (TPSA) is 54.3 Å². The van der Waals surface area contributed by atoms with E-state index in [2.05, 4.69) is 10.1 Å². The number of nitrogens with zero attached hydrogens (tertiary/aromatic N) is 4. The van der Waals surface area contributed by atoms with Crippen molar-refractivity contribution in [3.63, 3.8) is 0 Å². The summed E-state index contributed by atoms with van der Waals surface area (Å²) in [6.07, 6.45) is 5.98. The summed E-state index contributed by atoms with van der Waals surface area (Å²) >= 11 is 0. The predicted octanol–water partition coefficient (Wildman–Crippen LogP) is -0.746. The summed E-state index contributed by atoms with van der Waals surface area (Å²) in [6.45, 7) is 0. The fourth-order valence-electron chi connectivity index (χ4n) is 0.759. The molecule has 10 heavy (non-hydrogen) atoms. The van der Waals surface area contributed by atoms with Gasteiger partial charge in [-0.1, -0.05) is 0 Å². The largest absolute Gasteiger partial charge is 0.285 e. The lowest BCUT2D eigenvalue weighted by molar-refractivity contribution is -0.904. The minimum Gasteiger partial charge on any atom is -0.285 e. The third-order valence-corrected chi connectivity index (χ3v) is 1.21. The van der Waals surface area contributed by atoms with Gasteiger partial charge in [-0.05, 0) is 0 Å². The molecule has 1 N–H and O–H groups in total. The number of rotatable bonds is 0. The highest BCUT2D eigenvalue weighted by Gasteiger charge is 2.00. The normalized spacial score (nSPS) is 10.4. The average Bonchev–Trinajstić information content (AvgIpc) is 2.33. The smallest absolute Gasteiger partial charge is 0.266 e. The molecule has 2 heterocycles. The molecule has 0 saturated carbocycles. The van der Waals surface area contributed by atoms with Crippen LogP contribution < -0.4 is 4.73 Å². The van der Waals surface area contributed by atoms with Crippen molar-refractivity contribution in [3.8, 4) is 0 Å². The van der Waals surface area contributed by atoms with Gasteiger partial charge in [0.1, 0.15) is 6.33 Å². The lowest BCUT2D eigenvalue weighted by atomic mass is 10.7. The lowest BCUT2D eigenvalue weighted by Gasteiger charge is -1.83. The first-order chi connectivity index (χ1) is 4.86. The number of fused-ring (bicyclic) bond motifs is 1. The molecule has 50 valence electrons. The van der Waals surface area contributed by atoms with Crippen LogP contribution in [0.15, 0.2) is 24.9 Å². The summed E-state index contributed by atoms with van der Waals surface area (Å²) in [7, 11) is 0. The lowest BCUT2D eigenvalue weighted by Crippen LogP contribution is -2.28. The molecule has 0 aliphatic rings. The number of hydrogen-bond acceptors (Lipinski definition) is 3. The van der Waals surface area contributed by atoms with E-state index in [0.717, 1.165) is 4.73 Å². The molecule has 0 saturated heterocycles. The summed E-state index contributed by atoms with van der Waals surface area (Å²) in [5.74, 6) is 0. The highest BCUT2D eigenvalue weighted by molar-refractivity contribution is 5.28. The van der Waals surface area contributed by atoms with Gasteiger partial charge in [-0.15, -0.1) is 0 Å². The Morgan fingerprint density at radius 1 is 1.60 bits per heavy atom. The molecule has 0 radical (unpaired) electrons. The third-order valence-electron chi connectivity index (χ3n) is 1.21. The van der Waals surface area contributed by atoms with Gasteiger partial charge in [-0.2, -0.15) is 5.10 Å². The first kappa shape index (κ1) is 5.16. The van der Waals surface area contributed by atoms with Crippen molar-refractivity contribution in [1.29, 1.82) is 0 Å². The second-order valence-electron chi connectivity index (χ2n) is 1.87. The molecule has 0 aliphatic carbocycles. The van der Waals surface area contributed by atoms with Gasteiger partial charge >= 0.3 is 0 Å². The zero-order chi connectivity index (χ0) is 6.97. The Kier molecular flexibility index (Phi) is 0.858. The molecule has 0 unspecified atom stereocenters. The van der Waals surface area contributed by atoms with E-state index in [9.17, 15) is 0 Å². The second-order valence-corrected chi connectivity index (χ2v) is 1.87. The molecule has 0 aromatic carbocycles. The van der Waals surface area contributed by atoms with Crippen LogP contribution in [0.3, 0.4) is 0 Å². The van der Waals surface area contributed by atoms with Crippen LogP contribution in [0, 0.1) is 0 Å². The van der Waals surface area contributed by atoms with Crippen LogP contribution in [-0.2, 0) is 0 Å². The van der Waals surface area contributed by atoms with Crippen LogP contribution >= 0.6 is 0 Å². The molecular weight excluding hydrogens is 132 g/mol. The summed E-state index contributed by atoms with van der Waals surface area (Å²) in [4.78, 5) is 3.85. The van der Waals surface area contributed by atoms with Crippen LogP contribution in [-0.4, -0.2) is 19.8 Å². The number of aromatic nitrogens is 4. The van der Waals surface area contributed by atoms with Crippen molar-refractivity contribution in [2.75, 3.05) is 0 Å². The maximum Gasteiger partial charge on any atom is 0.266 e. The van der Waals surface area contributed by atoms with Crippen molar-refractivity contribution in [3.05, 3.63) is 24.9 Å². The summed E-state index contributed by atoms with van der Waals surface area (Å²) in [5, 5.41) is 12.7. The van der Waals surface area contributed by atoms with Gasteiger partial charge in [0.15, 0.2) is 0 Å². The fraction of sp³-hybridized carbons (Fsp3) is 0. The molecule has 0 fully saturated rings. The van der Waals surface area contributed by atoms with Gasteiger partial charge < -0.3 is 0 Å². The first-order valence-electron chi connectivity index (χ1n) is 2.76. The Morgan fingerprint density at radius 2 is 2.50 bits per heavy atom. The van der Waals surface area contributed by atoms with E-state index in [-0.39, 0.29) is 0 Å². The average molecular weight is 137 g/mol. The van der Waals surface area contributed by atoms with Crippen LogP contribution in [0.25, 0.3) is 5.65 Å². The SMILES string of the molecule is O[n+]1ccn2ncnc2c1. The van der Waals surface area contributed by atoms with E-state index in [1.54, 1.807) is 10.7 Å². The van der Waals surface area contributed by atoms with Crippen LogP contribution in [0.2, 0.25) is 0 Å². The van der Waals surface area contributed by atoms with Gasteiger partial charge in [0.25, 0.3) is 6.20 Å². The molecule has 2 aromatic rings. The zero-order valence-electron chi connectivity index (χ0n) is 5.05. The van der Waals surface area contributed by atoms with E-state index in [1.807, 2.05) is 0 Å². The van der Waals surface area contributed by atoms with E-state index in [1.165, 1.54) is 18.7 Å². The van der Waals surface area contributed by atoms with Gasteiger partial charge in [0, 0.05) is 4.73 Å². The Balaban J connectivity index is 2.86. The number of hydrogen-bond donors (Lipinski definition) is 1. The van der Waals surface area contributed by atoms with E-state index < -0.39 is 0 Å². The maximum atomic E-state index is 8.88. The van der Waals surface area contributed by atoms with Crippen LogP contribution in [0.4, 0.5) is 0 Å². The second kappa shape index (κ2) is 1.66. The quantitative estimate of drug-likeness (QED) is 0.384. The Labute approximate surface area is 56.1 Å². The Hall–Kier alpha value is -1.65. The van der Waals surface area contributed by atoms with Crippen LogP contribution in [0.1, 0.15) is 0 Å². The van der Waals surface area contributed by atoms with Crippen molar-refractivity contribution < 1.29 is 9.94 Å². The third kappa shape index (κ3) is 0.604. The van der Waals surface area contributed by atoms with E-state index in [0.29, 0.717) is 5.65 Å². The maximum absolute atomic E-state index is 8.88. The fourth-order valence-corrected chi connectivity index (χ4v) is 0.759. The van der Waals surface area contributed by atoms with Gasteiger partial charge in [0.05, 0.1) is 6.20 Å². The van der Waals surface area contributed by atoms with Crippen LogP contribution in [0.5, 0.6) is 0 Å². The van der Waals surface area contributed by atoms with E-state index >= 15 is 0 Å². The van der Waals surface area contributed by atoms with Gasteiger partial charge in [-0.3, -0.25) is 5.21 Å². The molecular formula is C5H5N4O+. The monoisotopic (exact) mass is 137 g/mol. The van der Waals surface area contributed by atoms with Crippen molar-refractivity contribution in [2.24, 2.45) is 0 Å². The predicted molar refractivity (Wildman–Crippen MR) is 30.4 cm³/mol. The summed E-state index contributed by atoms with van der Waals surface area (Å²) in [5.41, 5.74) is 0.616. The zero-order valence-corrected chi connectivity index (χ0v) is 5.05. The molecule has 0 atom stereocenters. The Morgan fingerprint density at radius 3 is 3.40 bits per heavy atom. The molecule has 5 heteroatoms. The highest BCUT2D eigenvalue weighted by atomic mass is 16.5. The Bertz CT molecular complexity index is 355. The highest BCUT2D eigenvalue weighted by Crippen LogP contribution is 1.88. The van der Waals surface area contributed by atoms with Gasteiger partial charge in [-0.25, -0.2) is 9.50 Å². The summed E-state index contributed by atoms with van der Waals surface area (Å²) < 4.78 is 2.50. The standard InChI is InChI=1S/C5H5N4O/c10-8-1-2-9-5(3-8)6-4-7-9/h1-4,10H/q+1. The molecule has 0 aliphatic heterocycles. The molecule has 2 rings (SSSR count). The molecule has 0 bridgehead atoms. The first-order valence-corrected chi connectivity index (χ1v) is 2.76. The minimum atomic E-state index is 0.616. The van der Waals surface area contributed by atoms with E-state index in [4.69, 9.17) is 5.21 Å². The molecule has 0 spiro atoms. The molecule has 5 nitrogen and oxygen atoms in total. The minimum absolute atomic E-state index is 0.616.